The molecular weight excluding hydrogens is 220 g/mol. The monoisotopic (exact) mass is 246 g/mol. The molecule has 0 spiro atoms. The summed E-state index contributed by atoms with van der Waals surface area (Å²) in [5.41, 5.74) is 5.88. The van der Waals surface area contributed by atoms with Crippen LogP contribution in [0.3, 0.4) is 0 Å². The van der Waals surface area contributed by atoms with Crippen molar-refractivity contribution in [1.29, 1.82) is 0 Å². The number of nitrogens with zero attached hydrogens (tertiary/aromatic N) is 1. The minimum Gasteiger partial charge on any atom is -0.381 e. The Bertz CT molecular complexity index is 174. The lowest BCUT2D eigenvalue weighted by molar-refractivity contribution is 0.0283. The zero-order valence-electron chi connectivity index (χ0n) is 10.7. The topological polar surface area (TPSA) is 38.5 Å². The van der Waals surface area contributed by atoms with E-state index in [4.69, 9.17) is 10.5 Å². The highest BCUT2D eigenvalue weighted by molar-refractivity contribution is 7.98. The Hall–Kier alpha value is 0.230. The van der Waals surface area contributed by atoms with Gasteiger partial charge in [0.2, 0.25) is 0 Å². The average Bonchev–Trinajstić information content (AvgIpc) is 2.35. The minimum atomic E-state index is 0.551. The summed E-state index contributed by atoms with van der Waals surface area (Å²) in [6.45, 7) is 2.61. The molecule has 4 heteroatoms. The fraction of sp³-hybridized carbons (Fsp3) is 1.00. The number of hydrogen-bond acceptors (Lipinski definition) is 4. The first-order chi connectivity index (χ1) is 7.79. The Morgan fingerprint density at radius 1 is 1.44 bits per heavy atom. The molecule has 3 nitrogen and oxygen atoms in total. The molecule has 0 radical (unpaired) electrons. The van der Waals surface area contributed by atoms with Crippen molar-refractivity contribution in [2.24, 2.45) is 5.73 Å². The van der Waals surface area contributed by atoms with E-state index in [0.29, 0.717) is 12.1 Å². The van der Waals surface area contributed by atoms with Crippen LogP contribution in [-0.4, -0.2) is 55.8 Å². The van der Waals surface area contributed by atoms with Gasteiger partial charge in [0.1, 0.15) is 0 Å². The van der Waals surface area contributed by atoms with Gasteiger partial charge in [-0.25, -0.2) is 0 Å². The smallest absolute Gasteiger partial charge is 0.0480 e. The molecule has 0 aromatic rings. The van der Waals surface area contributed by atoms with Crippen LogP contribution in [0.1, 0.15) is 25.7 Å². The van der Waals surface area contributed by atoms with E-state index in [1.54, 1.807) is 0 Å². The van der Waals surface area contributed by atoms with Crippen LogP contribution in [0.15, 0.2) is 0 Å². The Morgan fingerprint density at radius 3 is 2.69 bits per heavy atom. The summed E-state index contributed by atoms with van der Waals surface area (Å²) in [6.07, 6.45) is 6.99. The Morgan fingerprint density at radius 2 is 2.12 bits per heavy atom. The van der Waals surface area contributed by atoms with Gasteiger partial charge in [0, 0.05) is 31.8 Å². The van der Waals surface area contributed by atoms with Gasteiger partial charge in [-0.15, -0.1) is 0 Å². The first-order valence-corrected chi connectivity index (χ1v) is 7.67. The molecule has 1 aliphatic heterocycles. The largest absolute Gasteiger partial charge is 0.381 e. The number of thioether (sulfide) groups is 1. The van der Waals surface area contributed by atoms with Gasteiger partial charge in [0.15, 0.2) is 0 Å². The van der Waals surface area contributed by atoms with Crippen LogP contribution in [0.25, 0.3) is 0 Å². The molecule has 1 aliphatic rings. The molecule has 1 atom stereocenters. The fourth-order valence-electron chi connectivity index (χ4n) is 2.34. The van der Waals surface area contributed by atoms with Crippen LogP contribution in [0.2, 0.25) is 0 Å². The number of nitrogens with two attached hydrogens (primary N) is 1. The molecule has 1 rings (SSSR count). The predicted molar refractivity (Wildman–Crippen MR) is 72.1 cm³/mol. The zero-order chi connectivity index (χ0) is 11.8. The van der Waals surface area contributed by atoms with Gasteiger partial charge in [-0.05, 0) is 44.7 Å². The highest BCUT2D eigenvalue weighted by Gasteiger charge is 2.23. The van der Waals surface area contributed by atoms with Crippen molar-refractivity contribution < 1.29 is 4.74 Å². The first-order valence-electron chi connectivity index (χ1n) is 6.28. The average molecular weight is 246 g/mol. The first kappa shape index (κ1) is 14.3. The van der Waals surface area contributed by atoms with Gasteiger partial charge in [0.25, 0.3) is 0 Å². The minimum absolute atomic E-state index is 0.551. The molecule has 0 bridgehead atoms. The second-order valence-electron chi connectivity index (χ2n) is 4.53. The van der Waals surface area contributed by atoms with Gasteiger partial charge in [0.05, 0.1) is 0 Å². The van der Waals surface area contributed by atoms with Gasteiger partial charge in [-0.3, -0.25) is 4.90 Å². The molecule has 0 aromatic carbocycles. The molecule has 1 saturated heterocycles. The van der Waals surface area contributed by atoms with Crippen LogP contribution in [0.4, 0.5) is 0 Å². The third-order valence-corrected chi connectivity index (χ3v) is 4.20. The SMILES string of the molecule is CSCCCC(CN)N(C)C1CCOCC1. The third kappa shape index (κ3) is 4.62. The maximum Gasteiger partial charge on any atom is 0.0480 e. The summed E-state index contributed by atoms with van der Waals surface area (Å²) in [7, 11) is 2.23. The van der Waals surface area contributed by atoms with Crippen LogP contribution >= 0.6 is 11.8 Å². The quantitative estimate of drug-likeness (QED) is 0.692. The number of rotatable bonds is 7. The lowest BCUT2D eigenvalue weighted by Crippen LogP contribution is -2.46. The summed E-state index contributed by atoms with van der Waals surface area (Å²) < 4.78 is 5.40. The molecule has 1 fully saturated rings. The standard InChI is InChI=1S/C12H26N2OS/c1-14(11-5-7-15-8-6-11)12(10-13)4-3-9-16-2/h11-12H,3-10,13H2,1-2H3. The van der Waals surface area contributed by atoms with Crippen LogP contribution < -0.4 is 5.73 Å². The van der Waals surface area contributed by atoms with E-state index >= 15 is 0 Å². The lowest BCUT2D eigenvalue weighted by atomic mass is 10.0. The number of hydrogen-bond donors (Lipinski definition) is 1. The second kappa shape index (κ2) is 8.34. The summed E-state index contributed by atoms with van der Waals surface area (Å²) in [4.78, 5) is 2.49. The fourth-order valence-corrected chi connectivity index (χ4v) is 2.80. The number of ether oxygens (including phenoxy) is 1. The molecule has 96 valence electrons. The van der Waals surface area contributed by atoms with E-state index in [0.717, 1.165) is 32.6 Å². The van der Waals surface area contributed by atoms with Crippen molar-refractivity contribution >= 4 is 11.8 Å². The Kier molecular flexibility index (Phi) is 7.45. The van der Waals surface area contributed by atoms with Gasteiger partial charge < -0.3 is 10.5 Å². The van der Waals surface area contributed by atoms with Crippen molar-refractivity contribution in [3.63, 3.8) is 0 Å². The second-order valence-corrected chi connectivity index (χ2v) is 5.52. The van der Waals surface area contributed by atoms with E-state index in [9.17, 15) is 0 Å². The molecule has 2 N–H and O–H groups in total. The van der Waals surface area contributed by atoms with E-state index in [1.165, 1.54) is 18.6 Å². The van der Waals surface area contributed by atoms with Gasteiger partial charge >= 0.3 is 0 Å². The maximum atomic E-state index is 5.88. The summed E-state index contributed by atoms with van der Waals surface area (Å²) in [5.74, 6) is 1.25. The van der Waals surface area contributed by atoms with E-state index in [2.05, 4.69) is 18.2 Å². The Balaban J connectivity index is 2.31. The van der Waals surface area contributed by atoms with Crippen LogP contribution in [0, 0.1) is 0 Å². The van der Waals surface area contributed by atoms with Crippen LogP contribution in [0.5, 0.6) is 0 Å². The van der Waals surface area contributed by atoms with Crippen molar-refractivity contribution in [3.8, 4) is 0 Å². The molecule has 1 unspecified atom stereocenters. The van der Waals surface area contributed by atoms with Crippen LogP contribution in [-0.2, 0) is 4.74 Å². The maximum absolute atomic E-state index is 5.88. The summed E-state index contributed by atoms with van der Waals surface area (Å²) >= 11 is 1.92. The molecule has 0 aromatic heterocycles. The zero-order valence-corrected chi connectivity index (χ0v) is 11.5. The van der Waals surface area contributed by atoms with Gasteiger partial charge in [-0.1, -0.05) is 0 Å². The summed E-state index contributed by atoms with van der Waals surface area (Å²) in [6, 6.07) is 1.23. The molecular formula is C12H26N2OS. The van der Waals surface area contributed by atoms with E-state index in [-0.39, 0.29) is 0 Å². The van der Waals surface area contributed by atoms with Crippen molar-refractivity contribution in [1.82, 2.24) is 4.90 Å². The number of likely N-dealkylation sites (N-methyl/N-ethyl adjacent to an activating group) is 1. The molecule has 1 heterocycles. The lowest BCUT2D eigenvalue weighted by Gasteiger charge is -2.36. The summed E-state index contributed by atoms with van der Waals surface area (Å²) in [5, 5.41) is 0. The van der Waals surface area contributed by atoms with Crippen molar-refractivity contribution in [2.45, 2.75) is 37.8 Å². The highest BCUT2D eigenvalue weighted by atomic mass is 32.2. The molecule has 0 saturated carbocycles. The van der Waals surface area contributed by atoms with E-state index in [1.807, 2.05) is 11.8 Å². The predicted octanol–water partition coefficient (Wildman–Crippen LogP) is 1.57. The molecule has 0 aliphatic carbocycles. The molecule has 0 amide bonds. The van der Waals surface area contributed by atoms with Gasteiger partial charge in [-0.2, -0.15) is 11.8 Å². The van der Waals surface area contributed by atoms with Crippen molar-refractivity contribution in [3.05, 3.63) is 0 Å². The highest BCUT2D eigenvalue weighted by Crippen LogP contribution is 2.17. The normalized spacial score (nSPS) is 20.2. The molecule has 16 heavy (non-hydrogen) atoms. The third-order valence-electron chi connectivity index (χ3n) is 3.50. The van der Waals surface area contributed by atoms with Crippen molar-refractivity contribution in [2.75, 3.05) is 38.8 Å². The van der Waals surface area contributed by atoms with E-state index < -0.39 is 0 Å². The Labute approximate surface area is 104 Å².